The zero-order valence-corrected chi connectivity index (χ0v) is 13.0. The summed E-state index contributed by atoms with van der Waals surface area (Å²) in [6, 6.07) is 7.69. The number of rotatable bonds is 5. The lowest BCUT2D eigenvalue weighted by atomic mass is 9.87. The number of aliphatic hydroxyl groups is 1. The van der Waals surface area contributed by atoms with Gasteiger partial charge in [0.25, 0.3) is 5.91 Å². The molecule has 1 fully saturated rings. The Labute approximate surface area is 127 Å². The Bertz CT molecular complexity index is 458. The van der Waals surface area contributed by atoms with Crippen molar-refractivity contribution in [3.05, 3.63) is 29.8 Å². The molecule has 2 N–H and O–H groups in total. The molecule has 0 saturated heterocycles. The van der Waals surface area contributed by atoms with Crippen LogP contribution in [0.15, 0.2) is 24.3 Å². The van der Waals surface area contributed by atoms with Crippen LogP contribution in [0.2, 0.25) is 0 Å². The minimum Gasteiger partial charge on any atom is -0.393 e. The number of aliphatic hydroxyl groups excluding tert-OH is 1. The van der Waals surface area contributed by atoms with Gasteiger partial charge in [0.1, 0.15) is 0 Å². The topological polar surface area (TPSA) is 52.6 Å². The van der Waals surface area contributed by atoms with Crippen molar-refractivity contribution in [2.75, 3.05) is 25.0 Å². The van der Waals surface area contributed by atoms with E-state index in [0.717, 1.165) is 37.9 Å². The Morgan fingerprint density at radius 1 is 1.33 bits per heavy atom. The number of carbonyl (C=O) groups is 1. The Kier molecular flexibility index (Phi) is 5.62. The van der Waals surface area contributed by atoms with Crippen LogP contribution in [0.1, 0.15) is 43.0 Å². The highest BCUT2D eigenvalue weighted by atomic mass is 16.3. The van der Waals surface area contributed by atoms with Crippen molar-refractivity contribution in [3.8, 4) is 0 Å². The summed E-state index contributed by atoms with van der Waals surface area (Å²) >= 11 is 0. The molecule has 0 heterocycles. The largest absolute Gasteiger partial charge is 0.393 e. The zero-order valence-electron chi connectivity index (χ0n) is 13.0. The van der Waals surface area contributed by atoms with Crippen LogP contribution >= 0.6 is 0 Å². The molecule has 0 aliphatic heterocycles. The summed E-state index contributed by atoms with van der Waals surface area (Å²) in [4.78, 5) is 14.3. The summed E-state index contributed by atoms with van der Waals surface area (Å²) in [6.45, 7) is 3.70. The van der Waals surface area contributed by atoms with Crippen molar-refractivity contribution in [3.63, 3.8) is 0 Å². The summed E-state index contributed by atoms with van der Waals surface area (Å²) < 4.78 is 0. The quantitative estimate of drug-likeness (QED) is 0.875. The molecule has 0 bridgehead atoms. The molecule has 2 atom stereocenters. The fourth-order valence-electron chi connectivity index (χ4n) is 2.84. The predicted molar refractivity (Wildman–Crippen MR) is 85.7 cm³/mol. The van der Waals surface area contributed by atoms with Crippen molar-refractivity contribution in [1.82, 2.24) is 5.32 Å². The molecule has 4 heteroatoms. The molecule has 1 amide bonds. The number of hydrogen-bond acceptors (Lipinski definition) is 3. The number of hydrogen-bond donors (Lipinski definition) is 2. The molecule has 2 unspecified atom stereocenters. The third-order valence-electron chi connectivity index (χ3n) is 4.35. The molecule has 1 aliphatic rings. The van der Waals surface area contributed by atoms with Gasteiger partial charge in [-0.1, -0.05) is 6.42 Å². The Balaban J connectivity index is 1.85. The van der Waals surface area contributed by atoms with Crippen LogP contribution in [0.5, 0.6) is 0 Å². The van der Waals surface area contributed by atoms with Gasteiger partial charge < -0.3 is 15.3 Å². The standard InChI is InChI=1S/C17H26N2O2/c1-3-19(2)15-9-7-14(8-10-15)17(21)18-12-13-5-4-6-16(20)11-13/h7-10,13,16,20H,3-6,11-12H2,1-2H3,(H,18,21). The van der Waals surface area contributed by atoms with E-state index in [1.807, 2.05) is 31.3 Å². The monoisotopic (exact) mass is 290 g/mol. The van der Waals surface area contributed by atoms with E-state index in [0.29, 0.717) is 18.0 Å². The highest BCUT2D eigenvalue weighted by Gasteiger charge is 2.20. The van der Waals surface area contributed by atoms with Crippen LogP contribution in [-0.2, 0) is 0 Å². The second kappa shape index (κ2) is 7.46. The first-order valence-corrected chi connectivity index (χ1v) is 7.87. The highest BCUT2D eigenvalue weighted by Crippen LogP contribution is 2.23. The van der Waals surface area contributed by atoms with Gasteiger partial charge in [-0.05, 0) is 56.4 Å². The van der Waals surface area contributed by atoms with Gasteiger partial charge in [-0.3, -0.25) is 4.79 Å². The van der Waals surface area contributed by atoms with Gasteiger partial charge >= 0.3 is 0 Å². The van der Waals surface area contributed by atoms with Gasteiger partial charge in [0, 0.05) is 31.4 Å². The van der Waals surface area contributed by atoms with E-state index in [4.69, 9.17) is 0 Å². The SMILES string of the molecule is CCN(C)c1ccc(C(=O)NCC2CCCC(O)C2)cc1. The summed E-state index contributed by atoms with van der Waals surface area (Å²) in [6.07, 6.45) is 3.67. The second-order valence-electron chi connectivity index (χ2n) is 5.96. The molecule has 2 rings (SSSR count). The fourth-order valence-corrected chi connectivity index (χ4v) is 2.84. The van der Waals surface area contributed by atoms with E-state index in [2.05, 4.69) is 17.1 Å². The van der Waals surface area contributed by atoms with Gasteiger partial charge in [-0.2, -0.15) is 0 Å². The zero-order chi connectivity index (χ0) is 15.2. The summed E-state index contributed by atoms with van der Waals surface area (Å²) in [7, 11) is 2.03. The van der Waals surface area contributed by atoms with Gasteiger partial charge in [-0.15, -0.1) is 0 Å². The smallest absolute Gasteiger partial charge is 0.251 e. The number of amides is 1. The van der Waals surface area contributed by atoms with E-state index in [9.17, 15) is 9.90 Å². The molecule has 0 aromatic heterocycles. The van der Waals surface area contributed by atoms with E-state index in [-0.39, 0.29) is 12.0 Å². The number of nitrogens with zero attached hydrogens (tertiary/aromatic N) is 1. The van der Waals surface area contributed by atoms with Gasteiger partial charge in [0.15, 0.2) is 0 Å². The summed E-state index contributed by atoms with van der Waals surface area (Å²) in [5.41, 5.74) is 1.81. The molecule has 1 aromatic rings. The normalized spacial score (nSPS) is 21.9. The molecule has 1 aromatic carbocycles. The third kappa shape index (κ3) is 4.46. The van der Waals surface area contributed by atoms with E-state index in [1.54, 1.807) is 0 Å². The highest BCUT2D eigenvalue weighted by molar-refractivity contribution is 5.94. The average molecular weight is 290 g/mol. The Hall–Kier alpha value is -1.55. The van der Waals surface area contributed by atoms with E-state index < -0.39 is 0 Å². The molecule has 0 spiro atoms. The van der Waals surface area contributed by atoms with Crippen molar-refractivity contribution in [2.24, 2.45) is 5.92 Å². The fraction of sp³-hybridized carbons (Fsp3) is 0.588. The molecular weight excluding hydrogens is 264 g/mol. The van der Waals surface area contributed by atoms with Gasteiger partial charge in [0.05, 0.1) is 6.10 Å². The van der Waals surface area contributed by atoms with Crippen LogP contribution < -0.4 is 10.2 Å². The van der Waals surface area contributed by atoms with E-state index >= 15 is 0 Å². The first kappa shape index (κ1) is 15.8. The lowest BCUT2D eigenvalue weighted by Crippen LogP contribution is -2.33. The van der Waals surface area contributed by atoms with Crippen molar-refractivity contribution < 1.29 is 9.90 Å². The third-order valence-corrected chi connectivity index (χ3v) is 4.35. The lowest BCUT2D eigenvalue weighted by Gasteiger charge is -2.25. The second-order valence-corrected chi connectivity index (χ2v) is 5.96. The molecule has 116 valence electrons. The number of carbonyl (C=O) groups excluding carboxylic acids is 1. The minimum atomic E-state index is -0.190. The van der Waals surface area contributed by atoms with Gasteiger partial charge in [0.2, 0.25) is 0 Å². The van der Waals surface area contributed by atoms with Crippen molar-refractivity contribution in [1.29, 1.82) is 0 Å². The maximum Gasteiger partial charge on any atom is 0.251 e. The lowest BCUT2D eigenvalue weighted by molar-refractivity contribution is 0.0874. The Morgan fingerprint density at radius 2 is 2.05 bits per heavy atom. The summed E-state index contributed by atoms with van der Waals surface area (Å²) in [5, 5.41) is 12.6. The predicted octanol–water partition coefficient (Wildman–Crippen LogP) is 2.42. The minimum absolute atomic E-state index is 0.0271. The van der Waals surface area contributed by atoms with Gasteiger partial charge in [-0.25, -0.2) is 0 Å². The maximum absolute atomic E-state index is 12.1. The van der Waals surface area contributed by atoms with Crippen LogP contribution in [-0.4, -0.2) is 37.3 Å². The van der Waals surface area contributed by atoms with Crippen LogP contribution in [0, 0.1) is 5.92 Å². The maximum atomic E-state index is 12.1. The van der Waals surface area contributed by atoms with Crippen LogP contribution in [0.3, 0.4) is 0 Å². The molecule has 0 radical (unpaired) electrons. The van der Waals surface area contributed by atoms with Crippen LogP contribution in [0.4, 0.5) is 5.69 Å². The molecule has 4 nitrogen and oxygen atoms in total. The molecule has 1 aliphatic carbocycles. The summed E-state index contributed by atoms with van der Waals surface area (Å²) in [5.74, 6) is 0.379. The number of anilines is 1. The van der Waals surface area contributed by atoms with Crippen LogP contribution in [0.25, 0.3) is 0 Å². The molecule has 1 saturated carbocycles. The first-order chi connectivity index (χ1) is 10.1. The van der Waals surface area contributed by atoms with E-state index in [1.165, 1.54) is 0 Å². The molecular formula is C17H26N2O2. The van der Waals surface area contributed by atoms with Crippen molar-refractivity contribution in [2.45, 2.75) is 38.7 Å². The van der Waals surface area contributed by atoms with Crippen molar-refractivity contribution >= 4 is 11.6 Å². The average Bonchev–Trinajstić information content (AvgIpc) is 2.52. The molecule has 21 heavy (non-hydrogen) atoms. The first-order valence-electron chi connectivity index (χ1n) is 7.87. The number of nitrogens with one attached hydrogen (secondary N) is 1. The number of benzene rings is 1. The Morgan fingerprint density at radius 3 is 2.67 bits per heavy atom.